The van der Waals surface area contributed by atoms with Gasteiger partial charge in [0.25, 0.3) is 0 Å². The van der Waals surface area contributed by atoms with Gasteiger partial charge in [-0.1, -0.05) is 12.1 Å². The Kier molecular flexibility index (Phi) is 2.87. The molecule has 1 aromatic heterocycles. The minimum absolute atomic E-state index is 0.309. The summed E-state index contributed by atoms with van der Waals surface area (Å²) in [5, 5.41) is 6.82. The number of methoxy groups -OCH3 is 1. The molecule has 5 heteroatoms. The number of ether oxygens (including phenoxy) is 1. The van der Waals surface area contributed by atoms with Crippen LogP contribution in [0.4, 0.5) is 0 Å². The van der Waals surface area contributed by atoms with Crippen molar-refractivity contribution in [1.82, 2.24) is 15.2 Å². The van der Waals surface area contributed by atoms with E-state index in [9.17, 15) is 0 Å². The number of benzene rings is 1. The van der Waals surface area contributed by atoms with E-state index in [0.29, 0.717) is 5.82 Å². The van der Waals surface area contributed by atoms with Gasteiger partial charge in [-0.3, -0.25) is 5.10 Å². The topological polar surface area (TPSA) is 76.8 Å². The first-order valence-electron chi connectivity index (χ1n) is 4.99. The van der Waals surface area contributed by atoms with Gasteiger partial charge in [-0.25, -0.2) is 4.98 Å². The number of aromatic nitrogens is 3. The summed E-state index contributed by atoms with van der Waals surface area (Å²) in [6, 6.07) is 7.25. The smallest absolute Gasteiger partial charge is 0.171 e. The van der Waals surface area contributed by atoms with Crippen LogP contribution in [0.1, 0.15) is 23.3 Å². The second kappa shape index (κ2) is 4.32. The third-order valence-electron chi connectivity index (χ3n) is 2.37. The highest BCUT2D eigenvalue weighted by Gasteiger charge is 2.13. The number of H-pyrrole nitrogens is 1. The summed E-state index contributed by atoms with van der Waals surface area (Å²) in [6.07, 6.45) is 0. The van der Waals surface area contributed by atoms with Gasteiger partial charge in [-0.2, -0.15) is 5.10 Å². The molecule has 16 heavy (non-hydrogen) atoms. The SMILES string of the molecule is COc1ccc(C(N)c2n[nH]c(C)n2)cc1. The summed E-state index contributed by atoms with van der Waals surface area (Å²) in [5.41, 5.74) is 6.99. The average molecular weight is 218 g/mol. The number of nitrogens with zero attached hydrogens (tertiary/aromatic N) is 2. The van der Waals surface area contributed by atoms with Crippen LogP contribution in [0.5, 0.6) is 5.75 Å². The van der Waals surface area contributed by atoms with Gasteiger partial charge in [-0.05, 0) is 24.6 Å². The number of hydrogen-bond acceptors (Lipinski definition) is 4. The van der Waals surface area contributed by atoms with Crippen LogP contribution in [-0.2, 0) is 0 Å². The maximum atomic E-state index is 6.04. The lowest BCUT2D eigenvalue weighted by Gasteiger charge is -2.08. The molecule has 2 aromatic rings. The molecule has 0 saturated carbocycles. The first-order valence-corrected chi connectivity index (χ1v) is 4.99. The van der Waals surface area contributed by atoms with Gasteiger partial charge in [0.15, 0.2) is 5.82 Å². The summed E-state index contributed by atoms with van der Waals surface area (Å²) in [7, 11) is 1.63. The van der Waals surface area contributed by atoms with E-state index in [-0.39, 0.29) is 6.04 Å². The van der Waals surface area contributed by atoms with Crippen molar-refractivity contribution in [2.45, 2.75) is 13.0 Å². The fourth-order valence-corrected chi connectivity index (χ4v) is 1.46. The lowest BCUT2D eigenvalue weighted by molar-refractivity contribution is 0.414. The van der Waals surface area contributed by atoms with Gasteiger partial charge < -0.3 is 10.5 Å². The minimum Gasteiger partial charge on any atom is -0.497 e. The molecule has 0 aliphatic heterocycles. The first-order chi connectivity index (χ1) is 7.70. The molecule has 5 nitrogen and oxygen atoms in total. The molecule has 0 spiro atoms. The second-order valence-electron chi connectivity index (χ2n) is 3.53. The zero-order valence-corrected chi connectivity index (χ0v) is 9.27. The van der Waals surface area contributed by atoms with Crippen molar-refractivity contribution in [2.24, 2.45) is 5.73 Å². The molecule has 0 radical (unpaired) electrons. The number of rotatable bonds is 3. The molecule has 84 valence electrons. The molecule has 0 saturated heterocycles. The summed E-state index contributed by atoms with van der Waals surface area (Å²) in [5.74, 6) is 2.17. The van der Waals surface area contributed by atoms with Gasteiger partial charge in [0.2, 0.25) is 0 Å². The van der Waals surface area contributed by atoms with Crippen molar-refractivity contribution >= 4 is 0 Å². The van der Waals surface area contributed by atoms with Crippen molar-refractivity contribution in [3.8, 4) is 5.75 Å². The van der Waals surface area contributed by atoms with Crippen LogP contribution in [0.15, 0.2) is 24.3 Å². The predicted molar refractivity (Wildman–Crippen MR) is 60.1 cm³/mol. The van der Waals surface area contributed by atoms with Crippen LogP contribution in [0.2, 0.25) is 0 Å². The summed E-state index contributed by atoms with van der Waals surface area (Å²) >= 11 is 0. The maximum Gasteiger partial charge on any atom is 0.171 e. The Morgan fingerprint density at radius 1 is 1.31 bits per heavy atom. The molecular formula is C11H14N4O. The van der Waals surface area contributed by atoms with E-state index >= 15 is 0 Å². The normalized spacial score (nSPS) is 12.4. The summed E-state index contributed by atoms with van der Waals surface area (Å²) in [6.45, 7) is 1.84. The fraction of sp³-hybridized carbons (Fsp3) is 0.273. The molecule has 1 unspecified atom stereocenters. The average Bonchev–Trinajstić information content (AvgIpc) is 2.75. The van der Waals surface area contributed by atoms with Crippen LogP contribution >= 0.6 is 0 Å². The van der Waals surface area contributed by atoms with E-state index in [1.807, 2.05) is 31.2 Å². The highest BCUT2D eigenvalue weighted by molar-refractivity contribution is 5.31. The van der Waals surface area contributed by atoms with Gasteiger partial charge >= 0.3 is 0 Å². The number of aromatic amines is 1. The molecule has 0 fully saturated rings. The van der Waals surface area contributed by atoms with Gasteiger partial charge in [-0.15, -0.1) is 0 Å². The van der Waals surface area contributed by atoms with E-state index in [1.54, 1.807) is 7.11 Å². The molecule has 0 amide bonds. The zero-order valence-electron chi connectivity index (χ0n) is 9.27. The Labute approximate surface area is 93.7 Å². The largest absolute Gasteiger partial charge is 0.497 e. The zero-order chi connectivity index (χ0) is 11.5. The third kappa shape index (κ3) is 2.04. The Bertz CT molecular complexity index is 463. The van der Waals surface area contributed by atoms with E-state index in [2.05, 4.69) is 15.2 Å². The Hall–Kier alpha value is -1.88. The molecule has 2 rings (SSSR count). The molecule has 1 atom stereocenters. The summed E-state index contributed by atoms with van der Waals surface area (Å²) < 4.78 is 5.08. The van der Waals surface area contributed by atoms with E-state index < -0.39 is 0 Å². The standard InChI is InChI=1S/C11H14N4O/c1-7-13-11(15-14-7)10(12)8-3-5-9(16-2)6-4-8/h3-6,10H,12H2,1-2H3,(H,13,14,15). The second-order valence-corrected chi connectivity index (χ2v) is 3.53. The van der Waals surface area contributed by atoms with Crippen LogP contribution in [0, 0.1) is 6.92 Å². The van der Waals surface area contributed by atoms with Crippen molar-refractivity contribution < 1.29 is 4.74 Å². The quantitative estimate of drug-likeness (QED) is 0.810. The Balaban J connectivity index is 2.23. The van der Waals surface area contributed by atoms with E-state index in [1.165, 1.54) is 0 Å². The Morgan fingerprint density at radius 3 is 2.50 bits per heavy atom. The van der Waals surface area contributed by atoms with Crippen LogP contribution < -0.4 is 10.5 Å². The molecular weight excluding hydrogens is 204 g/mol. The number of hydrogen-bond donors (Lipinski definition) is 2. The highest BCUT2D eigenvalue weighted by Crippen LogP contribution is 2.19. The summed E-state index contributed by atoms with van der Waals surface area (Å²) in [4.78, 5) is 4.21. The van der Waals surface area contributed by atoms with Gasteiger partial charge in [0.05, 0.1) is 13.2 Å². The minimum atomic E-state index is -0.309. The molecule has 1 heterocycles. The number of nitrogens with one attached hydrogen (secondary N) is 1. The predicted octanol–water partition coefficient (Wildman–Crippen LogP) is 1.17. The van der Waals surface area contributed by atoms with E-state index in [4.69, 9.17) is 10.5 Å². The van der Waals surface area contributed by atoms with Crippen LogP contribution in [0.25, 0.3) is 0 Å². The third-order valence-corrected chi connectivity index (χ3v) is 2.37. The lowest BCUT2D eigenvalue weighted by atomic mass is 10.1. The molecule has 0 aliphatic rings. The monoisotopic (exact) mass is 218 g/mol. The molecule has 1 aromatic carbocycles. The van der Waals surface area contributed by atoms with Crippen molar-refractivity contribution in [2.75, 3.05) is 7.11 Å². The first kappa shape index (κ1) is 10.6. The lowest BCUT2D eigenvalue weighted by Crippen LogP contribution is -2.13. The van der Waals surface area contributed by atoms with Gasteiger partial charge in [0, 0.05) is 0 Å². The molecule has 0 aliphatic carbocycles. The van der Waals surface area contributed by atoms with Crippen LogP contribution in [-0.4, -0.2) is 22.3 Å². The molecule has 0 bridgehead atoms. The van der Waals surface area contributed by atoms with Gasteiger partial charge in [0.1, 0.15) is 11.6 Å². The van der Waals surface area contributed by atoms with Crippen molar-refractivity contribution in [1.29, 1.82) is 0 Å². The molecule has 3 N–H and O–H groups in total. The highest BCUT2D eigenvalue weighted by atomic mass is 16.5. The number of nitrogens with two attached hydrogens (primary N) is 1. The maximum absolute atomic E-state index is 6.04. The Morgan fingerprint density at radius 2 is 2.00 bits per heavy atom. The van der Waals surface area contributed by atoms with E-state index in [0.717, 1.165) is 17.1 Å². The van der Waals surface area contributed by atoms with Crippen molar-refractivity contribution in [3.05, 3.63) is 41.5 Å². The van der Waals surface area contributed by atoms with Crippen LogP contribution in [0.3, 0.4) is 0 Å². The van der Waals surface area contributed by atoms with Crippen molar-refractivity contribution in [3.63, 3.8) is 0 Å². The fourth-order valence-electron chi connectivity index (χ4n) is 1.46. The number of aryl methyl sites for hydroxylation is 1.